The Morgan fingerprint density at radius 3 is 2.65 bits per heavy atom. The highest BCUT2D eigenvalue weighted by Crippen LogP contribution is 2.30. The molecule has 0 aromatic heterocycles. The summed E-state index contributed by atoms with van der Waals surface area (Å²) in [6, 6.07) is 4.51. The second kappa shape index (κ2) is 3.87. The van der Waals surface area contributed by atoms with Crippen LogP contribution in [0.15, 0.2) is 18.2 Å². The van der Waals surface area contributed by atoms with Crippen LogP contribution < -0.4 is 10.5 Å². The number of methoxy groups -OCH3 is 1. The quantitative estimate of drug-likeness (QED) is 0.797. The summed E-state index contributed by atoms with van der Waals surface area (Å²) in [5.41, 5.74) is 6.24. The fourth-order valence-corrected chi connectivity index (χ4v) is 1.71. The molecule has 17 heavy (non-hydrogen) atoms. The molecule has 1 aromatic rings. The number of amides is 1. The Labute approximate surface area is 97.0 Å². The smallest absolute Gasteiger partial charge is 0.282 e. The maximum absolute atomic E-state index is 12.7. The zero-order valence-electron chi connectivity index (χ0n) is 9.24. The number of ether oxygens (including phenoxy) is 1. The number of halogens is 2. The highest BCUT2D eigenvalue weighted by molar-refractivity contribution is 5.98. The first-order chi connectivity index (χ1) is 7.93. The molecule has 0 radical (unpaired) electrons. The maximum atomic E-state index is 12.7. The van der Waals surface area contributed by atoms with Crippen molar-refractivity contribution < 1.29 is 18.3 Å². The largest absolute Gasteiger partial charge is 0.496 e. The van der Waals surface area contributed by atoms with E-state index in [-0.39, 0.29) is 5.56 Å². The number of nitrogen functional groups attached to an aromatic ring is 1. The van der Waals surface area contributed by atoms with Crippen LogP contribution in [0.3, 0.4) is 0 Å². The zero-order chi connectivity index (χ0) is 12.6. The number of anilines is 1. The molecule has 1 aliphatic heterocycles. The van der Waals surface area contributed by atoms with Gasteiger partial charge in [-0.25, -0.2) is 8.78 Å². The van der Waals surface area contributed by atoms with Crippen LogP contribution in [0.4, 0.5) is 14.5 Å². The highest BCUT2D eigenvalue weighted by Gasteiger charge is 2.46. The summed E-state index contributed by atoms with van der Waals surface area (Å²) in [5, 5.41) is 0. The number of hydrogen-bond acceptors (Lipinski definition) is 3. The summed E-state index contributed by atoms with van der Waals surface area (Å²) in [6.07, 6.45) is 0. The van der Waals surface area contributed by atoms with Crippen LogP contribution in [-0.2, 0) is 0 Å². The Kier molecular flexibility index (Phi) is 2.65. The molecule has 92 valence electrons. The Morgan fingerprint density at radius 2 is 2.12 bits per heavy atom. The summed E-state index contributed by atoms with van der Waals surface area (Å²) in [6.45, 7) is -1.08. The summed E-state index contributed by atoms with van der Waals surface area (Å²) in [5.74, 6) is -2.94. The van der Waals surface area contributed by atoms with Gasteiger partial charge < -0.3 is 15.4 Å². The summed E-state index contributed by atoms with van der Waals surface area (Å²) < 4.78 is 30.3. The number of alkyl halides is 2. The number of nitrogens with zero attached hydrogens (tertiary/aromatic N) is 1. The number of benzene rings is 1. The van der Waals surface area contributed by atoms with Crippen LogP contribution in [0.2, 0.25) is 0 Å². The normalized spacial score (nSPS) is 17.5. The van der Waals surface area contributed by atoms with Gasteiger partial charge in [0.1, 0.15) is 5.75 Å². The molecule has 0 unspecified atom stereocenters. The van der Waals surface area contributed by atoms with Crippen molar-refractivity contribution in [3.05, 3.63) is 23.8 Å². The molecule has 6 heteroatoms. The van der Waals surface area contributed by atoms with Gasteiger partial charge in [-0.1, -0.05) is 0 Å². The molecule has 1 fully saturated rings. The maximum Gasteiger partial charge on any atom is 0.282 e. The minimum atomic E-state index is -2.77. The third kappa shape index (κ3) is 2.15. The van der Waals surface area contributed by atoms with E-state index < -0.39 is 24.9 Å². The fourth-order valence-electron chi connectivity index (χ4n) is 1.71. The molecule has 2 rings (SSSR count). The van der Waals surface area contributed by atoms with Gasteiger partial charge in [0.25, 0.3) is 11.8 Å². The van der Waals surface area contributed by atoms with Crippen molar-refractivity contribution >= 4 is 11.6 Å². The van der Waals surface area contributed by atoms with Gasteiger partial charge in [-0.05, 0) is 12.1 Å². The van der Waals surface area contributed by atoms with Gasteiger partial charge in [-0.15, -0.1) is 0 Å². The van der Waals surface area contributed by atoms with E-state index in [2.05, 4.69) is 0 Å². The summed E-state index contributed by atoms with van der Waals surface area (Å²) in [7, 11) is 1.40. The summed E-state index contributed by atoms with van der Waals surface area (Å²) >= 11 is 0. The predicted octanol–water partition coefficient (Wildman–Crippen LogP) is 1.37. The van der Waals surface area contributed by atoms with Crippen molar-refractivity contribution in [2.45, 2.75) is 5.92 Å². The number of hydrogen-bond donors (Lipinski definition) is 1. The van der Waals surface area contributed by atoms with Crippen LogP contribution in [0.25, 0.3) is 0 Å². The predicted molar refractivity (Wildman–Crippen MR) is 58.3 cm³/mol. The number of rotatable bonds is 2. The first kappa shape index (κ1) is 11.6. The minimum absolute atomic E-state index is 0.247. The van der Waals surface area contributed by atoms with Gasteiger partial charge in [0.15, 0.2) is 0 Å². The zero-order valence-corrected chi connectivity index (χ0v) is 9.24. The topological polar surface area (TPSA) is 55.6 Å². The van der Waals surface area contributed by atoms with E-state index >= 15 is 0 Å². The Balaban J connectivity index is 2.20. The first-order valence-electron chi connectivity index (χ1n) is 5.03. The van der Waals surface area contributed by atoms with Gasteiger partial charge >= 0.3 is 0 Å². The van der Waals surface area contributed by atoms with Crippen molar-refractivity contribution in [2.75, 3.05) is 25.9 Å². The Hall–Kier alpha value is -1.85. The molecular formula is C11H12F2N2O2. The van der Waals surface area contributed by atoms with Crippen LogP contribution in [0.5, 0.6) is 5.75 Å². The van der Waals surface area contributed by atoms with E-state index in [1.807, 2.05) is 0 Å². The van der Waals surface area contributed by atoms with E-state index in [1.54, 1.807) is 0 Å². The molecule has 0 atom stereocenters. The second-order valence-corrected chi connectivity index (χ2v) is 3.98. The molecule has 1 aromatic carbocycles. The second-order valence-electron chi connectivity index (χ2n) is 3.98. The third-order valence-electron chi connectivity index (χ3n) is 2.59. The number of likely N-dealkylation sites (tertiary alicyclic amines) is 1. The van der Waals surface area contributed by atoms with Crippen molar-refractivity contribution in [1.82, 2.24) is 4.90 Å². The number of nitrogens with two attached hydrogens (primary N) is 1. The minimum Gasteiger partial charge on any atom is -0.496 e. The molecule has 1 heterocycles. The lowest BCUT2D eigenvalue weighted by atomic mass is 10.1. The third-order valence-corrected chi connectivity index (χ3v) is 2.59. The molecule has 0 saturated carbocycles. The van der Waals surface area contributed by atoms with Crippen LogP contribution in [0, 0.1) is 0 Å². The molecule has 4 nitrogen and oxygen atoms in total. The molecule has 1 aliphatic rings. The van der Waals surface area contributed by atoms with Crippen molar-refractivity contribution in [1.29, 1.82) is 0 Å². The lowest BCUT2D eigenvalue weighted by molar-refractivity contribution is -0.113. The number of carbonyl (C=O) groups excluding carboxylic acids is 1. The van der Waals surface area contributed by atoms with Crippen molar-refractivity contribution in [3.8, 4) is 5.75 Å². The fraction of sp³-hybridized carbons (Fsp3) is 0.364. The lowest BCUT2D eigenvalue weighted by Gasteiger charge is -2.38. The standard InChI is InChI=1S/C11H12F2N2O2/c1-17-9-4-7(14)2-3-8(9)10(16)15-5-11(12,13)6-15/h2-4H,5-6,14H2,1H3. The monoisotopic (exact) mass is 242 g/mol. The van der Waals surface area contributed by atoms with Gasteiger partial charge in [0.2, 0.25) is 0 Å². The van der Waals surface area contributed by atoms with E-state index in [0.29, 0.717) is 11.4 Å². The number of carbonyl (C=O) groups is 1. The molecule has 1 saturated heterocycles. The average molecular weight is 242 g/mol. The van der Waals surface area contributed by atoms with Gasteiger partial charge in [0, 0.05) is 11.8 Å². The van der Waals surface area contributed by atoms with Crippen LogP contribution in [0.1, 0.15) is 10.4 Å². The molecule has 2 N–H and O–H groups in total. The molecule has 0 bridgehead atoms. The molecule has 0 aliphatic carbocycles. The van der Waals surface area contributed by atoms with Crippen molar-refractivity contribution in [2.24, 2.45) is 0 Å². The summed E-state index contributed by atoms with van der Waals surface area (Å²) in [4.78, 5) is 13.0. The Morgan fingerprint density at radius 1 is 1.47 bits per heavy atom. The van der Waals surface area contributed by atoms with Gasteiger partial charge in [0.05, 0.1) is 25.8 Å². The van der Waals surface area contributed by atoms with E-state index in [9.17, 15) is 13.6 Å². The lowest BCUT2D eigenvalue weighted by Crippen LogP contribution is -2.58. The molecule has 1 amide bonds. The van der Waals surface area contributed by atoms with Crippen LogP contribution >= 0.6 is 0 Å². The SMILES string of the molecule is COc1cc(N)ccc1C(=O)N1CC(F)(F)C1. The van der Waals surface area contributed by atoms with E-state index in [0.717, 1.165) is 4.90 Å². The highest BCUT2D eigenvalue weighted by atomic mass is 19.3. The first-order valence-corrected chi connectivity index (χ1v) is 5.03. The van der Waals surface area contributed by atoms with Crippen LogP contribution in [-0.4, -0.2) is 36.9 Å². The molecular weight excluding hydrogens is 230 g/mol. The average Bonchev–Trinajstić information content (AvgIpc) is 2.24. The van der Waals surface area contributed by atoms with Gasteiger partial charge in [-0.2, -0.15) is 0 Å². The van der Waals surface area contributed by atoms with E-state index in [1.165, 1.54) is 25.3 Å². The van der Waals surface area contributed by atoms with E-state index in [4.69, 9.17) is 10.5 Å². The molecule has 0 spiro atoms. The Bertz CT molecular complexity index is 455. The van der Waals surface area contributed by atoms with Crippen molar-refractivity contribution in [3.63, 3.8) is 0 Å². The van der Waals surface area contributed by atoms with Gasteiger partial charge in [-0.3, -0.25) is 4.79 Å².